The molecule has 0 aliphatic heterocycles. The Bertz CT molecular complexity index is 626. The van der Waals surface area contributed by atoms with Gasteiger partial charge >= 0.3 is 5.69 Å². The second-order valence-corrected chi connectivity index (χ2v) is 4.40. The molecule has 112 valence electrons. The first-order valence-electron chi connectivity index (χ1n) is 6.66. The van der Waals surface area contributed by atoms with Gasteiger partial charge in [0.2, 0.25) is 5.89 Å². The molecule has 2 aromatic rings. The summed E-state index contributed by atoms with van der Waals surface area (Å²) in [5, 5.41) is 21.0. The number of hydrogen-bond donors (Lipinski definition) is 2. The second kappa shape index (κ2) is 6.69. The third-order valence-electron chi connectivity index (χ3n) is 2.81. The minimum atomic E-state index is -0.392. The van der Waals surface area contributed by atoms with Gasteiger partial charge in [0.15, 0.2) is 5.82 Å². The van der Waals surface area contributed by atoms with Crippen molar-refractivity contribution in [1.82, 2.24) is 10.1 Å². The summed E-state index contributed by atoms with van der Waals surface area (Å²) in [5.41, 5.74) is 1.01. The number of benzene rings is 1. The van der Waals surface area contributed by atoms with Crippen molar-refractivity contribution in [3.63, 3.8) is 0 Å². The summed E-state index contributed by atoms with van der Waals surface area (Å²) in [6.45, 7) is 4.72. The zero-order chi connectivity index (χ0) is 15.2. The van der Waals surface area contributed by atoms with Gasteiger partial charge in [0.25, 0.3) is 0 Å². The Balaban J connectivity index is 2.08. The number of aromatic nitrogens is 2. The van der Waals surface area contributed by atoms with Crippen molar-refractivity contribution in [2.75, 3.05) is 23.7 Å². The van der Waals surface area contributed by atoms with E-state index in [2.05, 4.69) is 20.8 Å². The minimum Gasteiger partial charge on any atom is -0.380 e. The topological polar surface area (TPSA) is 106 Å². The molecule has 2 N–H and O–H groups in total. The highest BCUT2D eigenvalue weighted by Crippen LogP contribution is 2.32. The van der Waals surface area contributed by atoms with Crippen molar-refractivity contribution < 1.29 is 9.45 Å². The summed E-state index contributed by atoms with van der Waals surface area (Å²) in [7, 11) is 0. The van der Waals surface area contributed by atoms with Crippen LogP contribution in [-0.4, -0.2) is 28.2 Å². The Morgan fingerprint density at radius 1 is 1.33 bits per heavy atom. The monoisotopic (exact) mass is 291 g/mol. The van der Waals surface area contributed by atoms with Crippen molar-refractivity contribution in [3.05, 3.63) is 40.0 Å². The molecule has 1 heterocycles. The lowest BCUT2D eigenvalue weighted by Gasteiger charge is -2.10. The standard InChI is InChI=1S/C13H17N5O3/c1-3-14-10-5-4-6-11(13(10)18(19)20)15-8-7-12-16-9(2)17-21-12/h4-6,14-15H,3,7-8H2,1-2H3. The predicted octanol–water partition coefficient (Wildman–Crippen LogP) is 2.37. The van der Waals surface area contributed by atoms with Crippen molar-refractivity contribution >= 4 is 17.1 Å². The number of hydrogen-bond acceptors (Lipinski definition) is 7. The van der Waals surface area contributed by atoms with Gasteiger partial charge in [-0.3, -0.25) is 10.1 Å². The lowest BCUT2D eigenvalue weighted by atomic mass is 10.2. The third-order valence-corrected chi connectivity index (χ3v) is 2.81. The highest BCUT2D eigenvalue weighted by Gasteiger charge is 2.19. The number of nitrogens with one attached hydrogen (secondary N) is 2. The molecule has 2 rings (SSSR count). The molecule has 0 unspecified atom stereocenters. The van der Waals surface area contributed by atoms with Gasteiger partial charge < -0.3 is 15.2 Å². The molecule has 0 fully saturated rings. The van der Waals surface area contributed by atoms with Crippen LogP contribution in [0.15, 0.2) is 22.7 Å². The van der Waals surface area contributed by atoms with Gasteiger partial charge in [0, 0.05) is 19.5 Å². The number of anilines is 2. The molecule has 1 aromatic heterocycles. The molecular weight excluding hydrogens is 274 g/mol. The Labute approximate surface area is 121 Å². The van der Waals surface area contributed by atoms with Crippen molar-refractivity contribution in [1.29, 1.82) is 0 Å². The third kappa shape index (κ3) is 3.68. The molecule has 0 aliphatic carbocycles. The summed E-state index contributed by atoms with van der Waals surface area (Å²) < 4.78 is 4.99. The highest BCUT2D eigenvalue weighted by molar-refractivity contribution is 5.76. The van der Waals surface area contributed by atoms with E-state index in [1.54, 1.807) is 25.1 Å². The SMILES string of the molecule is CCNc1cccc(NCCc2nc(C)no2)c1[N+](=O)[O-]. The first-order valence-corrected chi connectivity index (χ1v) is 6.66. The summed E-state index contributed by atoms with van der Waals surface area (Å²) in [6.07, 6.45) is 0.503. The maximum Gasteiger partial charge on any atom is 0.315 e. The number of rotatable bonds is 7. The fourth-order valence-corrected chi connectivity index (χ4v) is 1.96. The maximum absolute atomic E-state index is 11.2. The average Bonchev–Trinajstić information content (AvgIpc) is 2.85. The Morgan fingerprint density at radius 2 is 2.05 bits per heavy atom. The zero-order valence-electron chi connectivity index (χ0n) is 11.9. The van der Waals surface area contributed by atoms with E-state index in [9.17, 15) is 10.1 Å². The molecule has 1 aromatic carbocycles. The van der Waals surface area contributed by atoms with Crippen LogP contribution in [0.25, 0.3) is 0 Å². The van der Waals surface area contributed by atoms with Crippen LogP contribution in [0, 0.1) is 17.0 Å². The van der Waals surface area contributed by atoms with E-state index < -0.39 is 4.92 Å². The van der Waals surface area contributed by atoms with Crippen LogP contribution in [-0.2, 0) is 6.42 Å². The maximum atomic E-state index is 11.2. The molecule has 0 radical (unpaired) electrons. The molecule has 0 spiro atoms. The first-order chi connectivity index (χ1) is 10.1. The van der Waals surface area contributed by atoms with Crippen LogP contribution in [0.3, 0.4) is 0 Å². The van der Waals surface area contributed by atoms with E-state index in [1.165, 1.54) is 0 Å². The van der Waals surface area contributed by atoms with Crippen LogP contribution in [0.4, 0.5) is 17.1 Å². The second-order valence-electron chi connectivity index (χ2n) is 4.40. The molecule has 0 saturated heterocycles. The van der Waals surface area contributed by atoms with Gasteiger partial charge in [-0.1, -0.05) is 11.2 Å². The van der Waals surface area contributed by atoms with Crippen molar-refractivity contribution in [3.8, 4) is 0 Å². The van der Waals surface area contributed by atoms with Crippen LogP contribution in [0.2, 0.25) is 0 Å². The summed E-state index contributed by atoms with van der Waals surface area (Å²) in [6, 6.07) is 5.14. The number of nitrogens with zero attached hydrogens (tertiary/aromatic N) is 3. The summed E-state index contributed by atoms with van der Waals surface area (Å²) >= 11 is 0. The summed E-state index contributed by atoms with van der Waals surface area (Å²) in [5.74, 6) is 1.08. The Kier molecular flexibility index (Phi) is 4.70. The van der Waals surface area contributed by atoms with Crippen LogP contribution >= 0.6 is 0 Å². The van der Waals surface area contributed by atoms with E-state index in [1.807, 2.05) is 6.92 Å². The van der Waals surface area contributed by atoms with Gasteiger partial charge in [-0.05, 0) is 26.0 Å². The largest absolute Gasteiger partial charge is 0.380 e. The Hall–Kier alpha value is -2.64. The van der Waals surface area contributed by atoms with E-state index >= 15 is 0 Å². The minimum absolute atomic E-state index is 0.0426. The molecule has 8 nitrogen and oxygen atoms in total. The van der Waals surface area contributed by atoms with Crippen LogP contribution < -0.4 is 10.6 Å². The van der Waals surface area contributed by atoms with Gasteiger partial charge in [-0.2, -0.15) is 4.98 Å². The number of aryl methyl sites for hydroxylation is 1. The normalized spacial score (nSPS) is 10.4. The Morgan fingerprint density at radius 3 is 2.62 bits per heavy atom. The number of para-hydroxylation sites is 1. The molecule has 0 amide bonds. The molecule has 8 heteroatoms. The zero-order valence-corrected chi connectivity index (χ0v) is 11.9. The molecule has 0 saturated carbocycles. The molecule has 0 aliphatic rings. The number of nitro groups is 1. The van der Waals surface area contributed by atoms with E-state index in [4.69, 9.17) is 4.52 Å². The van der Waals surface area contributed by atoms with E-state index in [-0.39, 0.29) is 5.69 Å². The van der Waals surface area contributed by atoms with E-state index in [0.717, 1.165) is 0 Å². The lowest BCUT2D eigenvalue weighted by Crippen LogP contribution is -2.09. The molecule has 21 heavy (non-hydrogen) atoms. The quantitative estimate of drug-likeness (QED) is 0.595. The van der Waals surface area contributed by atoms with Crippen molar-refractivity contribution in [2.45, 2.75) is 20.3 Å². The molecule has 0 bridgehead atoms. The fourth-order valence-electron chi connectivity index (χ4n) is 1.96. The smallest absolute Gasteiger partial charge is 0.315 e. The van der Waals surface area contributed by atoms with E-state index in [0.29, 0.717) is 42.6 Å². The summed E-state index contributed by atoms with van der Waals surface area (Å²) in [4.78, 5) is 14.9. The number of nitro benzene ring substituents is 1. The van der Waals surface area contributed by atoms with Gasteiger partial charge in [-0.15, -0.1) is 0 Å². The van der Waals surface area contributed by atoms with Crippen molar-refractivity contribution in [2.24, 2.45) is 0 Å². The fraction of sp³-hybridized carbons (Fsp3) is 0.385. The van der Waals surface area contributed by atoms with Crippen LogP contribution in [0.5, 0.6) is 0 Å². The first kappa shape index (κ1) is 14.8. The molecular formula is C13H17N5O3. The van der Waals surface area contributed by atoms with Gasteiger partial charge in [0.05, 0.1) is 4.92 Å². The molecule has 0 atom stereocenters. The average molecular weight is 291 g/mol. The van der Waals surface area contributed by atoms with Crippen LogP contribution in [0.1, 0.15) is 18.6 Å². The predicted molar refractivity (Wildman–Crippen MR) is 78.5 cm³/mol. The lowest BCUT2D eigenvalue weighted by molar-refractivity contribution is -0.383. The van der Waals surface area contributed by atoms with Gasteiger partial charge in [0.1, 0.15) is 11.4 Å². The highest BCUT2D eigenvalue weighted by atomic mass is 16.6. The van der Waals surface area contributed by atoms with Gasteiger partial charge in [-0.25, -0.2) is 0 Å².